The molecule has 3 heteroatoms. The first kappa shape index (κ1) is 18.7. The van der Waals surface area contributed by atoms with E-state index < -0.39 is 0 Å². The van der Waals surface area contributed by atoms with Crippen molar-refractivity contribution in [2.24, 2.45) is 0 Å². The molecule has 1 aliphatic rings. The van der Waals surface area contributed by atoms with Gasteiger partial charge in [0.05, 0.1) is 6.04 Å². The summed E-state index contributed by atoms with van der Waals surface area (Å²) in [5.41, 5.74) is 3.75. The number of nitrogens with zero attached hydrogens (tertiary/aromatic N) is 2. The predicted octanol–water partition coefficient (Wildman–Crippen LogP) is 4.37. The molecule has 1 saturated heterocycles. The molecule has 0 spiro atoms. The van der Waals surface area contributed by atoms with E-state index in [1.807, 2.05) is 18.2 Å². The highest BCUT2D eigenvalue weighted by Gasteiger charge is 2.34. The van der Waals surface area contributed by atoms with Crippen LogP contribution in [0.5, 0.6) is 5.75 Å². The number of phenolic OH excluding ortho intramolecular Hbond substituents is 1. The quantitative estimate of drug-likeness (QED) is 0.811. The average Bonchev–Trinajstić information content (AvgIpc) is 2.61. The highest BCUT2D eigenvalue weighted by atomic mass is 16.3. The van der Waals surface area contributed by atoms with Crippen LogP contribution in [0.4, 0.5) is 0 Å². The molecule has 3 nitrogen and oxygen atoms in total. The monoisotopic (exact) mass is 350 g/mol. The number of hydrogen-bond donors (Lipinski definition) is 1. The SMILES string of the molecule is C=CCN1CC(C)N(C(c2cccc(O)c2)c2ccccc2C)CC1C. The maximum absolute atomic E-state index is 10.1. The molecule has 0 saturated carbocycles. The molecule has 3 rings (SSSR count). The van der Waals surface area contributed by atoms with Gasteiger partial charge in [0, 0.05) is 31.7 Å². The minimum Gasteiger partial charge on any atom is -0.508 e. The van der Waals surface area contributed by atoms with Gasteiger partial charge in [0.1, 0.15) is 5.75 Å². The molecule has 3 unspecified atom stereocenters. The van der Waals surface area contributed by atoms with Crippen LogP contribution in [0, 0.1) is 6.92 Å². The minimum absolute atomic E-state index is 0.145. The third kappa shape index (κ3) is 3.84. The summed E-state index contributed by atoms with van der Waals surface area (Å²) in [5.74, 6) is 0.326. The summed E-state index contributed by atoms with van der Waals surface area (Å²) < 4.78 is 0. The molecular weight excluding hydrogens is 320 g/mol. The fourth-order valence-electron chi connectivity index (χ4n) is 4.14. The number of piperazine rings is 1. The standard InChI is InChI=1S/C23H30N2O/c1-5-13-24-15-19(4)25(16-18(24)3)23(20-10-8-11-21(26)14-20)22-12-7-6-9-17(22)2/h5-12,14,18-19,23,26H,1,13,15-16H2,2-4H3. The van der Waals surface area contributed by atoms with Gasteiger partial charge in [0.2, 0.25) is 0 Å². The first-order valence-corrected chi connectivity index (χ1v) is 9.46. The Balaban J connectivity index is 2.01. The lowest BCUT2D eigenvalue weighted by atomic mass is 9.91. The van der Waals surface area contributed by atoms with Crippen LogP contribution in [0.15, 0.2) is 61.2 Å². The van der Waals surface area contributed by atoms with Crippen molar-refractivity contribution in [2.75, 3.05) is 19.6 Å². The number of aryl methyl sites for hydroxylation is 1. The van der Waals surface area contributed by atoms with Crippen molar-refractivity contribution in [1.29, 1.82) is 0 Å². The third-order valence-electron chi connectivity index (χ3n) is 5.53. The van der Waals surface area contributed by atoms with Crippen molar-refractivity contribution in [1.82, 2.24) is 9.80 Å². The second-order valence-corrected chi connectivity index (χ2v) is 7.49. The molecule has 26 heavy (non-hydrogen) atoms. The predicted molar refractivity (Wildman–Crippen MR) is 109 cm³/mol. The van der Waals surface area contributed by atoms with E-state index in [9.17, 15) is 5.11 Å². The average molecular weight is 351 g/mol. The van der Waals surface area contributed by atoms with Gasteiger partial charge in [-0.2, -0.15) is 0 Å². The van der Waals surface area contributed by atoms with Crippen LogP contribution in [0.3, 0.4) is 0 Å². The van der Waals surface area contributed by atoms with Crippen LogP contribution < -0.4 is 0 Å². The van der Waals surface area contributed by atoms with E-state index in [2.05, 4.69) is 67.5 Å². The highest BCUT2D eigenvalue weighted by Crippen LogP contribution is 2.35. The molecule has 1 heterocycles. The molecule has 0 radical (unpaired) electrons. The second kappa shape index (κ2) is 8.07. The Morgan fingerprint density at radius 3 is 2.58 bits per heavy atom. The Morgan fingerprint density at radius 1 is 1.12 bits per heavy atom. The third-order valence-corrected chi connectivity index (χ3v) is 5.53. The molecule has 2 aromatic rings. The molecule has 0 amide bonds. The zero-order chi connectivity index (χ0) is 18.7. The van der Waals surface area contributed by atoms with Gasteiger partial charge in [0.15, 0.2) is 0 Å². The smallest absolute Gasteiger partial charge is 0.115 e. The summed E-state index contributed by atoms with van der Waals surface area (Å²) in [6.07, 6.45) is 1.99. The summed E-state index contributed by atoms with van der Waals surface area (Å²) in [6, 6.07) is 17.3. The lowest BCUT2D eigenvalue weighted by Gasteiger charge is -2.47. The number of phenols is 1. The fraction of sp³-hybridized carbons (Fsp3) is 0.391. The van der Waals surface area contributed by atoms with Crippen LogP contribution in [0.1, 0.15) is 36.6 Å². The molecule has 1 N–H and O–H groups in total. The molecule has 1 fully saturated rings. The number of rotatable bonds is 5. The minimum atomic E-state index is 0.145. The van der Waals surface area contributed by atoms with E-state index in [0.29, 0.717) is 17.8 Å². The maximum atomic E-state index is 10.1. The largest absolute Gasteiger partial charge is 0.508 e. The van der Waals surface area contributed by atoms with E-state index in [-0.39, 0.29) is 6.04 Å². The van der Waals surface area contributed by atoms with Crippen molar-refractivity contribution in [3.8, 4) is 5.75 Å². The van der Waals surface area contributed by atoms with E-state index in [0.717, 1.165) is 25.2 Å². The lowest BCUT2D eigenvalue weighted by Crippen LogP contribution is -2.57. The summed E-state index contributed by atoms with van der Waals surface area (Å²) >= 11 is 0. The molecular formula is C23H30N2O. The second-order valence-electron chi connectivity index (χ2n) is 7.49. The Labute approximate surface area is 157 Å². The fourth-order valence-corrected chi connectivity index (χ4v) is 4.14. The van der Waals surface area contributed by atoms with Crippen LogP contribution in [0.25, 0.3) is 0 Å². The first-order valence-electron chi connectivity index (χ1n) is 9.46. The molecule has 0 bridgehead atoms. The zero-order valence-corrected chi connectivity index (χ0v) is 16.1. The van der Waals surface area contributed by atoms with Gasteiger partial charge in [0.25, 0.3) is 0 Å². The van der Waals surface area contributed by atoms with Crippen LogP contribution >= 0.6 is 0 Å². The van der Waals surface area contributed by atoms with Gasteiger partial charge in [-0.15, -0.1) is 6.58 Å². The molecule has 138 valence electrons. The topological polar surface area (TPSA) is 26.7 Å². The van der Waals surface area contributed by atoms with E-state index in [1.54, 1.807) is 6.07 Å². The number of aromatic hydroxyl groups is 1. The zero-order valence-electron chi connectivity index (χ0n) is 16.1. The van der Waals surface area contributed by atoms with Crippen LogP contribution in [-0.4, -0.2) is 46.6 Å². The van der Waals surface area contributed by atoms with Crippen molar-refractivity contribution < 1.29 is 5.11 Å². The van der Waals surface area contributed by atoms with Gasteiger partial charge >= 0.3 is 0 Å². The molecule has 2 aromatic carbocycles. The Morgan fingerprint density at radius 2 is 1.88 bits per heavy atom. The van der Waals surface area contributed by atoms with Gasteiger partial charge in [-0.1, -0.05) is 42.5 Å². The first-order chi connectivity index (χ1) is 12.5. The van der Waals surface area contributed by atoms with E-state index in [1.165, 1.54) is 11.1 Å². The van der Waals surface area contributed by atoms with E-state index >= 15 is 0 Å². The Kier molecular flexibility index (Phi) is 5.80. The molecule has 1 aliphatic heterocycles. The van der Waals surface area contributed by atoms with Crippen molar-refractivity contribution in [3.05, 3.63) is 77.9 Å². The van der Waals surface area contributed by atoms with Crippen LogP contribution in [-0.2, 0) is 0 Å². The summed E-state index contributed by atoms with van der Waals surface area (Å²) in [6.45, 7) is 13.6. The van der Waals surface area contributed by atoms with Gasteiger partial charge in [-0.05, 0) is 49.6 Å². The van der Waals surface area contributed by atoms with E-state index in [4.69, 9.17) is 0 Å². The van der Waals surface area contributed by atoms with Crippen molar-refractivity contribution in [3.63, 3.8) is 0 Å². The lowest BCUT2D eigenvalue weighted by molar-refractivity contribution is 0.0305. The molecule has 3 atom stereocenters. The van der Waals surface area contributed by atoms with Gasteiger partial charge in [-0.25, -0.2) is 0 Å². The van der Waals surface area contributed by atoms with Gasteiger partial charge in [-0.3, -0.25) is 9.80 Å². The Hall–Kier alpha value is -2.10. The van der Waals surface area contributed by atoms with Crippen molar-refractivity contribution in [2.45, 2.75) is 38.9 Å². The molecule has 0 aliphatic carbocycles. The maximum Gasteiger partial charge on any atom is 0.115 e. The molecule has 0 aromatic heterocycles. The van der Waals surface area contributed by atoms with Gasteiger partial charge < -0.3 is 5.11 Å². The normalized spacial score (nSPS) is 22.9. The highest BCUT2D eigenvalue weighted by molar-refractivity contribution is 5.40. The summed E-state index contributed by atoms with van der Waals surface area (Å²) in [4.78, 5) is 5.08. The summed E-state index contributed by atoms with van der Waals surface area (Å²) in [7, 11) is 0. The number of benzene rings is 2. The van der Waals surface area contributed by atoms with Crippen molar-refractivity contribution >= 4 is 0 Å². The summed E-state index contributed by atoms with van der Waals surface area (Å²) in [5, 5.41) is 10.1. The Bertz CT molecular complexity index is 757. The number of hydrogen-bond acceptors (Lipinski definition) is 3. The van der Waals surface area contributed by atoms with Crippen LogP contribution in [0.2, 0.25) is 0 Å².